The molecule has 0 atom stereocenters. The molecule has 0 saturated carbocycles. The zero-order valence-electron chi connectivity index (χ0n) is 12.5. The molecule has 0 aliphatic carbocycles. The Morgan fingerprint density at radius 1 is 1.13 bits per heavy atom. The monoisotopic (exact) mass is 309 g/mol. The van der Waals surface area contributed by atoms with Crippen molar-refractivity contribution in [3.63, 3.8) is 0 Å². The molecule has 1 aromatic heterocycles. The fraction of sp³-hybridized carbons (Fsp3) is 0.111. The number of aromatic carboxylic acids is 1. The Bertz CT molecular complexity index is 929. The Morgan fingerprint density at radius 2 is 1.87 bits per heavy atom. The number of nitrogens with zero attached hydrogens (tertiary/aromatic N) is 1. The Kier molecular flexibility index (Phi) is 3.85. The molecule has 0 saturated heterocycles. The first kappa shape index (κ1) is 14.8. The van der Waals surface area contributed by atoms with E-state index in [1.165, 1.54) is 19.2 Å². The van der Waals surface area contributed by atoms with Gasteiger partial charge in [-0.3, -0.25) is 4.79 Å². The summed E-state index contributed by atoms with van der Waals surface area (Å²) in [4.78, 5) is 23.5. The number of pyridine rings is 1. The normalized spacial score (nSPS) is 10.7. The smallest absolute Gasteiger partial charge is 0.335 e. The third-order valence-corrected chi connectivity index (χ3v) is 3.70. The largest absolute Gasteiger partial charge is 0.495 e. The van der Waals surface area contributed by atoms with Crippen LogP contribution in [0, 0.1) is 0 Å². The number of rotatable bonds is 4. The van der Waals surface area contributed by atoms with Crippen LogP contribution in [0.3, 0.4) is 0 Å². The standard InChI is InChI=1S/C18H15NO4/c1-23-15-10-14(18(21)22)9-13-7-8-16(20)19(17(13)15)11-12-5-3-2-4-6-12/h2-10H,11H2,1H3,(H,21,22). The van der Waals surface area contributed by atoms with E-state index in [9.17, 15) is 14.7 Å². The van der Waals surface area contributed by atoms with Gasteiger partial charge >= 0.3 is 5.97 Å². The highest BCUT2D eigenvalue weighted by molar-refractivity contribution is 5.96. The van der Waals surface area contributed by atoms with E-state index < -0.39 is 5.97 Å². The summed E-state index contributed by atoms with van der Waals surface area (Å²) in [5, 5.41) is 9.85. The van der Waals surface area contributed by atoms with Crippen LogP contribution >= 0.6 is 0 Å². The van der Waals surface area contributed by atoms with Crippen molar-refractivity contribution in [2.45, 2.75) is 6.54 Å². The lowest BCUT2D eigenvalue weighted by Crippen LogP contribution is -2.20. The van der Waals surface area contributed by atoms with Crippen molar-refractivity contribution in [2.24, 2.45) is 0 Å². The maximum absolute atomic E-state index is 12.3. The van der Waals surface area contributed by atoms with Gasteiger partial charge in [-0.15, -0.1) is 0 Å². The van der Waals surface area contributed by atoms with Crippen molar-refractivity contribution in [1.82, 2.24) is 4.57 Å². The van der Waals surface area contributed by atoms with Crippen molar-refractivity contribution < 1.29 is 14.6 Å². The molecule has 5 nitrogen and oxygen atoms in total. The predicted octanol–water partition coefficient (Wildman–Crippen LogP) is 2.76. The summed E-state index contributed by atoms with van der Waals surface area (Å²) in [5.41, 5.74) is 1.53. The second-order valence-electron chi connectivity index (χ2n) is 5.16. The van der Waals surface area contributed by atoms with Crippen molar-refractivity contribution in [3.8, 4) is 5.75 Å². The molecule has 1 N–H and O–H groups in total. The third kappa shape index (κ3) is 2.81. The second kappa shape index (κ2) is 5.96. The molecule has 0 radical (unpaired) electrons. The quantitative estimate of drug-likeness (QED) is 0.804. The van der Waals surface area contributed by atoms with Crippen LogP contribution in [0.2, 0.25) is 0 Å². The fourth-order valence-electron chi connectivity index (χ4n) is 2.61. The van der Waals surface area contributed by atoms with E-state index in [1.54, 1.807) is 16.7 Å². The van der Waals surface area contributed by atoms with Crippen LogP contribution in [0.25, 0.3) is 10.9 Å². The van der Waals surface area contributed by atoms with Gasteiger partial charge in [-0.05, 0) is 23.8 Å². The van der Waals surface area contributed by atoms with Crippen LogP contribution in [0.15, 0.2) is 59.4 Å². The van der Waals surface area contributed by atoms with Crippen LogP contribution in [0.4, 0.5) is 0 Å². The van der Waals surface area contributed by atoms with Gasteiger partial charge in [-0.2, -0.15) is 0 Å². The minimum atomic E-state index is -1.04. The Hall–Kier alpha value is -3.08. The molecule has 23 heavy (non-hydrogen) atoms. The van der Waals surface area contributed by atoms with Crippen molar-refractivity contribution in [3.05, 3.63) is 76.1 Å². The van der Waals surface area contributed by atoms with Gasteiger partial charge in [0.25, 0.3) is 5.56 Å². The van der Waals surface area contributed by atoms with Crippen LogP contribution in [0.5, 0.6) is 5.75 Å². The summed E-state index contributed by atoms with van der Waals surface area (Å²) < 4.78 is 6.92. The Labute approximate surface area is 132 Å². The average molecular weight is 309 g/mol. The van der Waals surface area contributed by atoms with Gasteiger partial charge in [-0.1, -0.05) is 30.3 Å². The molecular weight excluding hydrogens is 294 g/mol. The molecule has 0 unspecified atom stereocenters. The van der Waals surface area contributed by atoms with E-state index >= 15 is 0 Å². The number of carbonyl (C=O) groups is 1. The molecule has 0 fully saturated rings. The summed E-state index contributed by atoms with van der Waals surface area (Å²) in [7, 11) is 1.46. The molecular formula is C18H15NO4. The predicted molar refractivity (Wildman–Crippen MR) is 87.3 cm³/mol. The van der Waals surface area contributed by atoms with Gasteiger partial charge in [0.1, 0.15) is 5.75 Å². The first-order chi connectivity index (χ1) is 11.1. The lowest BCUT2D eigenvalue weighted by molar-refractivity contribution is 0.0696. The number of carboxylic acid groups (broad SMARTS) is 1. The first-order valence-corrected chi connectivity index (χ1v) is 7.09. The summed E-state index contributed by atoms with van der Waals surface area (Å²) in [6, 6.07) is 15.6. The molecule has 3 rings (SSSR count). The van der Waals surface area contributed by atoms with E-state index in [-0.39, 0.29) is 11.1 Å². The summed E-state index contributed by atoms with van der Waals surface area (Å²) in [6.45, 7) is 0.389. The molecule has 0 amide bonds. The fourth-order valence-corrected chi connectivity index (χ4v) is 2.61. The minimum absolute atomic E-state index is 0.124. The van der Waals surface area contributed by atoms with E-state index in [1.807, 2.05) is 30.3 Å². The van der Waals surface area contributed by atoms with Crippen LogP contribution < -0.4 is 10.3 Å². The maximum Gasteiger partial charge on any atom is 0.335 e. The van der Waals surface area contributed by atoms with Crippen molar-refractivity contribution >= 4 is 16.9 Å². The van der Waals surface area contributed by atoms with Crippen LogP contribution in [-0.2, 0) is 6.54 Å². The lowest BCUT2D eigenvalue weighted by atomic mass is 10.1. The molecule has 0 bridgehead atoms. The number of aromatic nitrogens is 1. The van der Waals surface area contributed by atoms with Crippen LogP contribution in [-0.4, -0.2) is 22.8 Å². The number of benzene rings is 2. The highest BCUT2D eigenvalue weighted by Crippen LogP contribution is 2.27. The number of ether oxygens (including phenoxy) is 1. The number of fused-ring (bicyclic) bond motifs is 1. The van der Waals surface area contributed by atoms with Crippen molar-refractivity contribution in [1.29, 1.82) is 0 Å². The van der Waals surface area contributed by atoms with E-state index in [0.29, 0.717) is 23.2 Å². The zero-order valence-corrected chi connectivity index (χ0v) is 12.5. The Morgan fingerprint density at radius 3 is 2.52 bits per heavy atom. The molecule has 5 heteroatoms. The second-order valence-corrected chi connectivity index (χ2v) is 5.16. The number of methoxy groups -OCH3 is 1. The molecule has 0 aliphatic rings. The number of hydrogen-bond donors (Lipinski definition) is 1. The Balaban J connectivity index is 2.26. The minimum Gasteiger partial charge on any atom is -0.495 e. The van der Waals surface area contributed by atoms with Gasteiger partial charge < -0.3 is 14.4 Å². The average Bonchev–Trinajstić information content (AvgIpc) is 2.57. The molecule has 0 aliphatic heterocycles. The highest BCUT2D eigenvalue weighted by Gasteiger charge is 2.14. The van der Waals surface area contributed by atoms with E-state index in [2.05, 4.69) is 0 Å². The van der Waals surface area contributed by atoms with Crippen LogP contribution in [0.1, 0.15) is 15.9 Å². The SMILES string of the molecule is COc1cc(C(=O)O)cc2ccc(=O)n(Cc3ccccc3)c12. The maximum atomic E-state index is 12.3. The van der Waals surface area contributed by atoms with Gasteiger partial charge in [0.05, 0.1) is 24.7 Å². The lowest BCUT2D eigenvalue weighted by Gasteiger charge is -2.14. The van der Waals surface area contributed by atoms with Gasteiger partial charge in [0.2, 0.25) is 0 Å². The summed E-state index contributed by atoms with van der Waals surface area (Å²) in [6.07, 6.45) is 0. The van der Waals surface area contributed by atoms with E-state index in [0.717, 1.165) is 5.56 Å². The highest BCUT2D eigenvalue weighted by atomic mass is 16.5. The van der Waals surface area contributed by atoms with Gasteiger partial charge in [0, 0.05) is 11.5 Å². The molecule has 0 spiro atoms. The molecule has 3 aromatic rings. The molecule has 1 heterocycles. The first-order valence-electron chi connectivity index (χ1n) is 7.09. The third-order valence-electron chi connectivity index (χ3n) is 3.70. The van der Waals surface area contributed by atoms with Gasteiger partial charge in [-0.25, -0.2) is 4.79 Å². The zero-order chi connectivity index (χ0) is 16.4. The van der Waals surface area contributed by atoms with Gasteiger partial charge in [0.15, 0.2) is 0 Å². The summed E-state index contributed by atoms with van der Waals surface area (Å²) in [5.74, 6) is -0.667. The molecule has 116 valence electrons. The number of carboxylic acids is 1. The topological polar surface area (TPSA) is 68.5 Å². The number of hydrogen-bond acceptors (Lipinski definition) is 3. The summed E-state index contributed by atoms with van der Waals surface area (Å²) >= 11 is 0. The molecule has 2 aromatic carbocycles. The van der Waals surface area contributed by atoms with Crippen molar-refractivity contribution in [2.75, 3.05) is 7.11 Å². The van der Waals surface area contributed by atoms with E-state index in [4.69, 9.17) is 4.74 Å².